The third-order valence-corrected chi connectivity index (χ3v) is 4.69. The van der Waals surface area contributed by atoms with Crippen LogP contribution in [0.15, 0.2) is 0 Å². The first-order valence-electron chi connectivity index (χ1n) is 7.14. The number of aliphatic hydroxyl groups is 1. The average molecular weight is 225 g/mol. The van der Waals surface area contributed by atoms with E-state index in [4.69, 9.17) is 0 Å². The van der Waals surface area contributed by atoms with Crippen LogP contribution in [0.1, 0.15) is 58.3 Å². The summed E-state index contributed by atoms with van der Waals surface area (Å²) in [4.78, 5) is 0. The number of rotatable bonds is 6. The summed E-state index contributed by atoms with van der Waals surface area (Å²) < 4.78 is 0. The fraction of sp³-hybridized carbons (Fsp3) is 1.00. The third-order valence-electron chi connectivity index (χ3n) is 4.69. The molecular weight excluding hydrogens is 198 g/mol. The zero-order valence-electron chi connectivity index (χ0n) is 10.7. The number of nitrogens with one attached hydrogen (secondary N) is 1. The highest BCUT2D eigenvalue weighted by atomic mass is 16.3. The Kier molecular flexibility index (Phi) is 4.26. The Labute approximate surface area is 99.8 Å². The lowest BCUT2D eigenvalue weighted by Crippen LogP contribution is -2.40. The monoisotopic (exact) mass is 225 g/mol. The number of hydrogen-bond acceptors (Lipinski definition) is 2. The first-order chi connectivity index (χ1) is 7.79. The molecule has 2 heteroatoms. The zero-order valence-corrected chi connectivity index (χ0v) is 10.7. The maximum Gasteiger partial charge on any atom is 0.0499 e. The quantitative estimate of drug-likeness (QED) is 0.728. The standard InChI is InChI=1S/C14H27NO/c1-2-13(12-6-4-3-5-7-12)15-10-14(11-16)8-9-14/h12-13,15-16H,2-11H2,1H3. The van der Waals surface area contributed by atoms with Crippen molar-refractivity contribution < 1.29 is 5.11 Å². The van der Waals surface area contributed by atoms with Gasteiger partial charge in [-0.05, 0) is 38.0 Å². The summed E-state index contributed by atoms with van der Waals surface area (Å²) in [6.45, 7) is 3.71. The van der Waals surface area contributed by atoms with Crippen molar-refractivity contribution in [2.24, 2.45) is 11.3 Å². The first-order valence-corrected chi connectivity index (χ1v) is 7.14. The Morgan fingerprint density at radius 1 is 1.25 bits per heavy atom. The molecule has 2 rings (SSSR count). The van der Waals surface area contributed by atoms with E-state index >= 15 is 0 Å². The van der Waals surface area contributed by atoms with Crippen LogP contribution in [-0.2, 0) is 0 Å². The van der Waals surface area contributed by atoms with E-state index in [2.05, 4.69) is 12.2 Å². The molecule has 0 aromatic rings. The van der Waals surface area contributed by atoms with Crippen molar-refractivity contribution in [2.75, 3.05) is 13.2 Å². The minimum absolute atomic E-state index is 0.266. The highest BCUT2D eigenvalue weighted by Gasteiger charge is 2.42. The van der Waals surface area contributed by atoms with Crippen LogP contribution in [0.25, 0.3) is 0 Å². The van der Waals surface area contributed by atoms with Gasteiger partial charge in [0.15, 0.2) is 0 Å². The molecule has 0 aromatic carbocycles. The van der Waals surface area contributed by atoms with Crippen molar-refractivity contribution in [3.05, 3.63) is 0 Å². The van der Waals surface area contributed by atoms with Gasteiger partial charge in [-0.25, -0.2) is 0 Å². The van der Waals surface area contributed by atoms with Crippen LogP contribution in [0.2, 0.25) is 0 Å². The first kappa shape index (κ1) is 12.4. The Morgan fingerprint density at radius 3 is 2.44 bits per heavy atom. The third kappa shape index (κ3) is 2.98. The summed E-state index contributed by atoms with van der Waals surface area (Å²) in [5, 5.41) is 13.0. The summed E-state index contributed by atoms with van der Waals surface area (Å²) in [5.74, 6) is 0.897. The normalized spacial score (nSPS) is 26.6. The lowest BCUT2D eigenvalue weighted by Gasteiger charge is -2.31. The largest absolute Gasteiger partial charge is 0.396 e. The Morgan fingerprint density at radius 2 is 1.94 bits per heavy atom. The van der Waals surface area contributed by atoms with Crippen molar-refractivity contribution >= 4 is 0 Å². The summed E-state index contributed by atoms with van der Waals surface area (Å²) in [6.07, 6.45) is 10.8. The van der Waals surface area contributed by atoms with E-state index in [1.54, 1.807) is 0 Å². The van der Waals surface area contributed by atoms with Crippen molar-refractivity contribution in [1.29, 1.82) is 0 Å². The van der Waals surface area contributed by atoms with Gasteiger partial charge in [-0.1, -0.05) is 26.2 Å². The van der Waals surface area contributed by atoms with Gasteiger partial charge in [0.05, 0.1) is 0 Å². The molecule has 2 nitrogen and oxygen atoms in total. The zero-order chi connectivity index (χ0) is 11.4. The van der Waals surface area contributed by atoms with Crippen LogP contribution in [0.4, 0.5) is 0 Å². The molecule has 2 N–H and O–H groups in total. The predicted octanol–water partition coefficient (Wildman–Crippen LogP) is 2.71. The van der Waals surface area contributed by atoms with Crippen LogP contribution in [0, 0.1) is 11.3 Å². The SMILES string of the molecule is CCC(NCC1(CO)CC1)C1CCCCC1. The molecule has 1 unspecified atom stereocenters. The topological polar surface area (TPSA) is 32.3 Å². The van der Waals surface area contributed by atoms with Crippen molar-refractivity contribution in [1.82, 2.24) is 5.32 Å². The van der Waals surface area contributed by atoms with Crippen molar-refractivity contribution in [3.8, 4) is 0 Å². The molecule has 16 heavy (non-hydrogen) atoms. The second kappa shape index (κ2) is 5.50. The van der Waals surface area contributed by atoms with Gasteiger partial charge in [-0.2, -0.15) is 0 Å². The predicted molar refractivity (Wildman–Crippen MR) is 67.4 cm³/mol. The van der Waals surface area contributed by atoms with Gasteiger partial charge in [0.1, 0.15) is 0 Å². The minimum Gasteiger partial charge on any atom is -0.396 e. The molecule has 2 saturated carbocycles. The van der Waals surface area contributed by atoms with Crippen LogP contribution in [-0.4, -0.2) is 24.3 Å². The molecule has 0 heterocycles. The van der Waals surface area contributed by atoms with E-state index in [-0.39, 0.29) is 5.41 Å². The van der Waals surface area contributed by atoms with Crippen LogP contribution < -0.4 is 5.32 Å². The Balaban J connectivity index is 1.76. The molecule has 1 atom stereocenters. The molecule has 0 bridgehead atoms. The summed E-state index contributed by atoms with van der Waals surface area (Å²) >= 11 is 0. The van der Waals surface area contributed by atoms with Gasteiger partial charge >= 0.3 is 0 Å². The van der Waals surface area contributed by atoms with Gasteiger partial charge in [0.25, 0.3) is 0 Å². The van der Waals surface area contributed by atoms with E-state index in [1.807, 2.05) is 0 Å². The highest BCUT2D eigenvalue weighted by molar-refractivity contribution is 4.95. The fourth-order valence-electron chi connectivity index (χ4n) is 3.10. The fourth-order valence-corrected chi connectivity index (χ4v) is 3.10. The molecule has 0 aliphatic heterocycles. The van der Waals surface area contributed by atoms with E-state index in [0.29, 0.717) is 12.6 Å². The molecular formula is C14H27NO. The molecule has 0 radical (unpaired) electrons. The van der Waals surface area contributed by atoms with Gasteiger partial charge in [0, 0.05) is 24.6 Å². The molecule has 2 fully saturated rings. The van der Waals surface area contributed by atoms with Crippen molar-refractivity contribution in [3.63, 3.8) is 0 Å². The highest BCUT2D eigenvalue weighted by Crippen LogP contribution is 2.44. The molecule has 2 aliphatic rings. The molecule has 0 aromatic heterocycles. The lowest BCUT2D eigenvalue weighted by atomic mass is 9.82. The van der Waals surface area contributed by atoms with Crippen LogP contribution in [0.5, 0.6) is 0 Å². The number of aliphatic hydroxyl groups excluding tert-OH is 1. The lowest BCUT2D eigenvalue weighted by molar-refractivity contribution is 0.189. The molecule has 0 saturated heterocycles. The second-order valence-electron chi connectivity index (χ2n) is 5.95. The van der Waals surface area contributed by atoms with Crippen molar-refractivity contribution in [2.45, 2.75) is 64.3 Å². The second-order valence-corrected chi connectivity index (χ2v) is 5.95. The minimum atomic E-state index is 0.266. The van der Waals surface area contributed by atoms with E-state index < -0.39 is 0 Å². The Hall–Kier alpha value is -0.0800. The smallest absolute Gasteiger partial charge is 0.0499 e. The van der Waals surface area contributed by atoms with Crippen LogP contribution >= 0.6 is 0 Å². The van der Waals surface area contributed by atoms with Gasteiger partial charge < -0.3 is 10.4 Å². The Bertz CT molecular complexity index is 207. The molecule has 2 aliphatic carbocycles. The summed E-state index contributed by atoms with van der Waals surface area (Å²) in [6, 6.07) is 0.698. The molecule has 0 amide bonds. The van der Waals surface area contributed by atoms with Crippen LogP contribution in [0.3, 0.4) is 0 Å². The average Bonchev–Trinajstić information content (AvgIpc) is 3.12. The van der Waals surface area contributed by atoms with E-state index in [1.165, 1.54) is 51.4 Å². The van der Waals surface area contributed by atoms with Gasteiger partial charge in [-0.15, -0.1) is 0 Å². The number of hydrogen-bond donors (Lipinski definition) is 2. The summed E-state index contributed by atoms with van der Waals surface area (Å²) in [7, 11) is 0. The maximum absolute atomic E-state index is 9.31. The van der Waals surface area contributed by atoms with E-state index in [0.717, 1.165) is 12.5 Å². The van der Waals surface area contributed by atoms with E-state index in [9.17, 15) is 5.11 Å². The molecule has 94 valence electrons. The van der Waals surface area contributed by atoms with Gasteiger partial charge in [0.2, 0.25) is 0 Å². The van der Waals surface area contributed by atoms with Gasteiger partial charge in [-0.3, -0.25) is 0 Å². The molecule has 0 spiro atoms. The summed E-state index contributed by atoms with van der Waals surface area (Å²) in [5.41, 5.74) is 0.266. The maximum atomic E-state index is 9.31.